The van der Waals surface area contributed by atoms with E-state index in [4.69, 9.17) is 4.74 Å². The molecule has 0 saturated heterocycles. The number of carboxylic acids is 1. The molecular formula is C34H43N3O4. The van der Waals surface area contributed by atoms with Crippen molar-refractivity contribution in [1.29, 1.82) is 0 Å². The van der Waals surface area contributed by atoms with E-state index in [1.165, 1.54) is 12.0 Å². The van der Waals surface area contributed by atoms with E-state index in [9.17, 15) is 14.7 Å². The molecule has 1 amide bonds. The number of anilines is 1. The third kappa shape index (κ3) is 9.55. The molecule has 0 bridgehead atoms. The Morgan fingerprint density at radius 2 is 1.83 bits per heavy atom. The Labute approximate surface area is 243 Å². The number of nitrogens with one attached hydrogen (secondary N) is 3. The molecule has 0 radical (unpaired) electrons. The minimum absolute atomic E-state index is 0.204. The van der Waals surface area contributed by atoms with Crippen molar-refractivity contribution < 1.29 is 19.4 Å². The molecule has 3 unspecified atom stereocenters. The molecule has 2 aromatic carbocycles. The Kier molecular flexibility index (Phi) is 11.5. The van der Waals surface area contributed by atoms with E-state index >= 15 is 0 Å². The molecule has 3 atom stereocenters. The zero-order valence-corrected chi connectivity index (χ0v) is 24.0. The number of amides is 1. The van der Waals surface area contributed by atoms with E-state index in [0.717, 1.165) is 75.0 Å². The molecule has 1 fully saturated rings. The van der Waals surface area contributed by atoms with E-state index in [2.05, 4.69) is 71.4 Å². The molecule has 0 heterocycles. The van der Waals surface area contributed by atoms with Gasteiger partial charge >= 0.3 is 5.97 Å². The first-order valence-corrected chi connectivity index (χ1v) is 14.9. The fourth-order valence-electron chi connectivity index (χ4n) is 5.75. The Hall–Kier alpha value is -4.00. The first kappa shape index (κ1) is 30.0. The number of benzene rings is 2. The van der Waals surface area contributed by atoms with Crippen LogP contribution in [0.1, 0.15) is 74.2 Å². The van der Waals surface area contributed by atoms with Crippen molar-refractivity contribution >= 4 is 18.1 Å². The highest BCUT2D eigenvalue weighted by Crippen LogP contribution is 2.31. The van der Waals surface area contributed by atoms with E-state index in [1.807, 2.05) is 0 Å². The maximum Gasteiger partial charge on any atom is 0.335 e. The van der Waals surface area contributed by atoms with E-state index < -0.39 is 5.97 Å². The van der Waals surface area contributed by atoms with Gasteiger partial charge in [0.2, 0.25) is 6.41 Å². The van der Waals surface area contributed by atoms with E-state index in [1.54, 1.807) is 24.3 Å². The molecule has 218 valence electrons. The lowest BCUT2D eigenvalue weighted by atomic mass is 9.78. The van der Waals surface area contributed by atoms with Crippen molar-refractivity contribution in [2.45, 2.75) is 70.8 Å². The molecular weight excluding hydrogens is 514 g/mol. The van der Waals surface area contributed by atoms with Crippen LogP contribution in [0.5, 0.6) is 5.75 Å². The fraction of sp³-hybridized carbons (Fsp3) is 0.412. The van der Waals surface area contributed by atoms with Crippen LogP contribution in [0.25, 0.3) is 0 Å². The van der Waals surface area contributed by atoms with Crippen molar-refractivity contribution in [3.63, 3.8) is 0 Å². The topological polar surface area (TPSA) is 99.7 Å². The Morgan fingerprint density at radius 3 is 2.51 bits per heavy atom. The third-order valence-electron chi connectivity index (χ3n) is 7.85. The van der Waals surface area contributed by atoms with Gasteiger partial charge in [0.15, 0.2) is 0 Å². The van der Waals surface area contributed by atoms with Crippen LogP contribution in [0.2, 0.25) is 0 Å². The number of hydrogen-bond acceptors (Lipinski definition) is 5. The molecule has 4 rings (SSSR count). The van der Waals surface area contributed by atoms with Crippen LogP contribution in [0, 0.1) is 11.8 Å². The standard InChI is InChI=1S/C34H43N3O4/c1-2-8-33(36-29-10-4-3-5-11-29)37-30-17-13-25(14-18-30)21-26(22-28-9-6-7-12-32(28)35-24-38)23-41-31-19-15-27(16-20-31)34(39)40/h4,8,10-11,13-20,24,26,28,32,36-37H,2-3,5-7,9,12,21-23H2,1H3,(H,35,38)(H,39,40)/b33-8+. The minimum atomic E-state index is -0.950. The largest absolute Gasteiger partial charge is 0.493 e. The number of carbonyl (C=O) groups is 2. The van der Waals surface area contributed by atoms with Crippen LogP contribution in [-0.2, 0) is 11.2 Å². The van der Waals surface area contributed by atoms with Gasteiger partial charge in [0.05, 0.1) is 12.2 Å². The average Bonchev–Trinajstić information content (AvgIpc) is 2.99. The summed E-state index contributed by atoms with van der Waals surface area (Å²) >= 11 is 0. The molecule has 0 aliphatic heterocycles. The average molecular weight is 558 g/mol. The number of carbonyl (C=O) groups excluding carboxylic acids is 1. The molecule has 2 aliphatic rings. The van der Waals surface area contributed by atoms with Crippen molar-refractivity contribution in [3.8, 4) is 5.75 Å². The summed E-state index contributed by atoms with van der Waals surface area (Å²) in [6.07, 6.45) is 18.8. The predicted octanol–water partition coefficient (Wildman–Crippen LogP) is 6.80. The van der Waals surface area contributed by atoms with Crippen LogP contribution >= 0.6 is 0 Å². The van der Waals surface area contributed by atoms with Crippen molar-refractivity contribution in [3.05, 3.63) is 95.5 Å². The summed E-state index contributed by atoms with van der Waals surface area (Å²) < 4.78 is 6.17. The van der Waals surface area contributed by atoms with Crippen molar-refractivity contribution in [1.82, 2.24) is 10.6 Å². The summed E-state index contributed by atoms with van der Waals surface area (Å²) in [6.45, 7) is 2.65. The van der Waals surface area contributed by atoms with Gasteiger partial charge in [-0.15, -0.1) is 0 Å². The Bertz CT molecular complexity index is 1220. The maximum atomic E-state index is 11.2. The number of ether oxygens (including phenoxy) is 1. The molecule has 1 saturated carbocycles. The van der Waals surface area contributed by atoms with Gasteiger partial charge in [0.1, 0.15) is 11.6 Å². The lowest BCUT2D eigenvalue weighted by Crippen LogP contribution is -2.39. The van der Waals surface area contributed by atoms with Gasteiger partial charge in [-0.2, -0.15) is 0 Å². The summed E-state index contributed by atoms with van der Waals surface area (Å²) in [7, 11) is 0. The highest BCUT2D eigenvalue weighted by atomic mass is 16.5. The van der Waals surface area contributed by atoms with Crippen molar-refractivity contribution in [2.24, 2.45) is 11.8 Å². The summed E-state index contributed by atoms with van der Waals surface area (Å²) in [6, 6.07) is 15.3. The second-order valence-corrected chi connectivity index (χ2v) is 11.0. The van der Waals surface area contributed by atoms with Gasteiger partial charge in [-0.3, -0.25) is 4.79 Å². The van der Waals surface area contributed by atoms with Crippen LogP contribution in [-0.4, -0.2) is 30.1 Å². The molecule has 7 heteroatoms. The van der Waals surface area contributed by atoms with Crippen molar-refractivity contribution in [2.75, 3.05) is 11.9 Å². The monoisotopic (exact) mass is 557 g/mol. The van der Waals surface area contributed by atoms with Crippen LogP contribution in [0.4, 0.5) is 5.69 Å². The van der Waals surface area contributed by atoms with Gasteiger partial charge in [0, 0.05) is 17.4 Å². The number of aromatic carboxylic acids is 1. The van der Waals surface area contributed by atoms with Gasteiger partial charge in [-0.1, -0.05) is 44.1 Å². The van der Waals surface area contributed by atoms with Gasteiger partial charge in [-0.25, -0.2) is 4.79 Å². The van der Waals surface area contributed by atoms with E-state index in [0.29, 0.717) is 18.3 Å². The second kappa shape index (κ2) is 15.7. The number of allylic oxidation sites excluding steroid dienone is 4. The summed E-state index contributed by atoms with van der Waals surface area (Å²) in [5, 5.41) is 19.3. The molecule has 2 aliphatic carbocycles. The fourth-order valence-corrected chi connectivity index (χ4v) is 5.75. The third-order valence-corrected chi connectivity index (χ3v) is 7.85. The number of carboxylic acid groups (broad SMARTS) is 1. The first-order valence-electron chi connectivity index (χ1n) is 14.9. The zero-order chi connectivity index (χ0) is 28.9. The number of rotatable bonds is 15. The normalized spacial score (nSPS) is 19.5. The lowest BCUT2D eigenvalue weighted by Gasteiger charge is -2.33. The SMILES string of the molecule is CC/C=C(\NC1=CCCC=C1)Nc1ccc(CC(COc2ccc(C(=O)O)cc2)CC2CCCCC2NC=O)cc1. The first-order chi connectivity index (χ1) is 20.0. The highest BCUT2D eigenvalue weighted by Gasteiger charge is 2.28. The molecule has 0 spiro atoms. The van der Waals surface area contributed by atoms with Crippen LogP contribution < -0.4 is 20.7 Å². The van der Waals surface area contributed by atoms with Crippen LogP contribution in [0.3, 0.4) is 0 Å². The van der Waals surface area contributed by atoms with Gasteiger partial charge < -0.3 is 25.8 Å². The van der Waals surface area contributed by atoms with E-state index in [-0.39, 0.29) is 17.5 Å². The Morgan fingerprint density at radius 1 is 1.05 bits per heavy atom. The molecule has 0 aromatic heterocycles. The molecule has 4 N–H and O–H groups in total. The summed E-state index contributed by atoms with van der Waals surface area (Å²) in [4.78, 5) is 22.4. The minimum Gasteiger partial charge on any atom is -0.493 e. The molecule has 41 heavy (non-hydrogen) atoms. The summed E-state index contributed by atoms with van der Waals surface area (Å²) in [5.74, 6) is 1.35. The maximum absolute atomic E-state index is 11.2. The smallest absolute Gasteiger partial charge is 0.335 e. The molecule has 7 nitrogen and oxygen atoms in total. The second-order valence-electron chi connectivity index (χ2n) is 11.0. The summed E-state index contributed by atoms with van der Waals surface area (Å²) in [5.41, 5.74) is 3.61. The van der Waals surface area contributed by atoms with Gasteiger partial charge in [-0.05, 0) is 111 Å². The van der Waals surface area contributed by atoms with Crippen LogP contribution in [0.15, 0.2) is 84.4 Å². The highest BCUT2D eigenvalue weighted by molar-refractivity contribution is 5.87. The molecule has 2 aromatic rings. The number of hydrogen-bond donors (Lipinski definition) is 4. The Balaban J connectivity index is 1.42. The predicted molar refractivity (Wildman–Crippen MR) is 164 cm³/mol. The zero-order valence-electron chi connectivity index (χ0n) is 24.0. The van der Waals surface area contributed by atoms with Gasteiger partial charge in [0.25, 0.3) is 0 Å². The lowest BCUT2D eigenvalue weighted by molar-refractivity contribution is -0.110. The quantitative estimate of drug-likeness (QED) is 0.180.